The van der Waals surface area contributed by atoms with Crippen molar-refractivity contribution < 1.29 is 4.80 Å². The summed E-state index contributed by atoms with van der Waals surface area (Å²) in [5.41, 5.74) is 6.73. The summed E-state index contributed by atoms with van der Waals surface area (Å²) >= 11 is 0. The number of aryl methyl sites for hydroxylation is 6. The minimum Gasteiger partial charge on any atom is -0.279 e. The average Bonchev–Trinajstić information content (AvgIpc) is 2.60. The van der Waals surface area contributed by atoms with Crippen LogP contribution in [0.1, 0.15) is 33.4 Å². The van der Waals surface area contributed by atoms with Gasteiger partial charge in [0.1, 0.15) is 0 Å². The van der Waals surface area contributed by atoms with Gasteiger partial charge in [-0.1, -0.05) is 71.3 Å². The molecule has 0 fully saturated rings. The van der Waals surface area contributed by atoms with Crippen LogP contribution >= 0.6 is 0 Å². The van der Waals surface area contributed by atoms with Crippen LogP contribution in [0.25, 0.3) is 0 Å². The van der Waals surface area contributed by atoms with Crippen molar-refractivity contribution in [2.45, 2.75) is 41.5 Å². The van der Waals surface area contributed by atoms with Crippen molar-refractivity contribution in [3.63, 3.8) is 0 Å². The van der Waals surface area contributed by atoms with Crippen LogP contribution in [0, 0.1) is 41.5 Å². The van der Waals surface area contributed by atoms with Gasteiger partial charge in [0.25, 0.3) is 0 Å². The summed E-state index contributed by atoms with van der Waals surface area (Å²) in [6.45, 7) is 12.4. The Hall–Kier alpha value is -2.16. The molecule has 0 heterocycles. The summed E-state index contributed by atoms with van der Waals surface area (Å²) < 4.78 is 0. The number of hydrogen-bond donors (Lipinski definition) is 0. The van der Waals surface area contributed by atoms with Gasteiger partial charge in [-0.25, -0.2) is 0 Å². The molecule has 0 spiro atoms. The van der Waals surface area contributed by atoms with E-state index in [9.17, 15) is 4.80 Å². The number of benzene rings is 3. The average molecular weight is 360 g/mol. The van der Waals surface area contributed by atoms with E-state index in [0.717, 1.165) is 48.9 Å². The first-order valence-corrected chi connectivity index (χ1v) is 11.1. The molecule has 0 N–H and O–H groups in total. The minimum atomic E-state index is -3.36. The van der Waals surface area contributed by atoms with Crippen molar-refractivity contribution in [3.8, 4) is 0 Å². The zero-order valence-corrected chi connectivity index (χ0v) is 17.6. The predicted molar refractivity (Wildman–Crippen MR) is 113 cm³/mol. The Morgan fingerprint density at radius 3 is 1.04 bits per heavy atom. The topological polar surface area (TPSA) is 19.9 Å². The molecule has 0 saturated carbocycles. The van der Waals surface area contributed by atoms with E-state index in [1.807, 2.05) is 0 Å². The van der Waals surface area contributed by atoms with Crippen LogP contribution in [-0.2, 0) is 4.80 Å². The van der Waals surface area contributed by atoms with Crippen molar-refractivity contribution in [2.75, 3.05) is 0 Å². The van der Waals surface area contributed by atoms with Crippen LogP contribution in [0.4, 0.5) is 0 Å². The van der Waals surface area contributed by atoms with Crippen LogP contribution in [0.2, 0.25) is 0 Å². The fourth-order valence-corrected chi connectivity index (χ4v) is 7.86. The predicted octanol–water partition coefficient (Wildman–Crippen LogP) is 3.93. The maximum atomic E-state index is 15.0. The fraction of sp³-hybridized carbons (Fsp3) is 0.250. The van der Waals surface area contributed by atoms with E-state index >= 15 is 0 Å². The first kappa shape index (κ1) is 18.6. The van der Waals surface area contributed by atoms with Crippen molar-refractivity contribution in [1.82, 2.24) is 0 Å². The summed E-state index contributed by atoms with van der Waals surface area (Å²) in [5.74, 6) is 0. The van der Waals surface area contributed by atoms with Gasteiger partial charge in [-0.3, -0.25) is 4.80 Å². The molecule has 133 valence electrons. The Morgan fingerprint density at radius 2 is 0.769 bits per heavy atom. The zero-order valence-electron chi connectivity index (χ0n) is 16.6. The number of rotatable bonds is 3. The maximum Gasteiger partial charge on any atom is 0.330 e. The Kier molecular flexibility index (Phi) is 4.91. The number of hydrogen-bond acceptors (Lipinski definition) is 0. The van der Waals surface area contributed by atoms with E-state index in [2.05, 4.69) is 96.1 Å². The van der Waals surface area contributed by atoms with Gasteiger partial charge in [-0.05, 0) is 73.8 Å². The van der Waals surface area contributed by atoms with E-state index in [0.29, 0.717) is 0 Å². The van der Waals surface area contributed by atoms with E-state index in [1.165, 1.54) is 0 Å². The Balaban J connectivity index is 2.45. The van der Waals surface area contributed by atoms with Gasteiger partial charge in [0, 0.05) is 0 Å². The van der Waals surface area contributed by atoms with Gasteiger partial charge < -0.3 is 0 Å². The SMILES string of the molecule is Cc1ccc(C)c([Si]([O])(c2cc(C)ccc2C)c2cc(C)ccc2C)c1. The van der Waals surface area contributed by atoms with Crippen molar-refractivity contribution in [1.29, 1.82) is 0 Å². The third kappa shape index (κ3) is 3.15. The standard InChI is InChI=1S/C24H27OSi/c1-16-7-10-19(4)22(13-16)26(25,23-14-17(2)8-11-20(23)5)24-15-18(3)9-12-21(24)6/h7-15H,1-6H3. The molecule has 1 nitrogen and oxygen atoms in total. The van der Waals surface area contributed by atoms with Crippen LogP contribution in [0.15, 0.2) is 54.6 Å². The molecule has 3 rings (SSSR count). The molecular formula is C24H27OSi. The third-order valence-electron chi connectivity index (χ3n) is 5.32. The molecular weight excluding hydrogens is 332 g/mol. The van der Waals surface area contributed by atoms with Crippen molar-refractivity contribution in [2.24, 2.45) is 0 Å². The lowest BCUT2D eigenvalue weighted by Gasteiger charge is -2.30. The Morgan fingerprint density at radius 1 is 0.500 bits per heavy atom. The van der Waals surface area contributed by atoms with Crippen molar-refractivity contribution in [3.05, 3.63) is 88.0 Å². The van der Waals surface area contributed by atoms with E-state index < -0.39 is 8.32 Å². The van der Waals surface area contributed by atoms with E-state index in [1.54, 1.807) is 0 Å². The second-order valence-corrected chi connectivity index (χ2v) is 10.6. The van der Waals surface area contributed by atoms with Gasteiger partial charge in [0.15, 0.2) is 0 Å². The summed E-state index contributed by atoms with van der Waals surface area (Å²) in [5, 5.41) is 2.96. The molecule has 0 unspecified atom stereocenters. The molecule has 0 bridgehead atoms. The summed E-state index contributed by atoms with van der Waals surface area (Å²) in [6.07, 6.45) is 0. The molecule has 2 heteroatoms. The van der Waals surface area contributed by atoms with Gasteiger partial charge in [-0.15, -0.1) is 0 Å². The van der Waals surface area contributed by atoms with Crippen LogP contribution in [0.3, 0.4) is 0 Å². The molecule has 0 aromatic heterocycles. The van der Waals surface area contributed by atoms with Crippen LogP contribution in [0.5, 0.6) is 0 Å². The van der Waals surface area contributed by atoms with Gasteiger partial charge in [-0.2, -0.15) is 0 Å². The lowest BCUT2D eigenvalue weighted by Crippen LogP contribution is -2.68. The largest absolute Gasteiger partial charge is 0.330 e. The highest BCUT2D eigenvalue weighted by Gasteiger charge is 2.44. The first-order valence-electron chi connectivity index (χ1n) is 9.17. The monoisotopic (exact) mass is 359 g/mol. The lowest BCUT2D eigenvalue weighted by molar-refractivity contribution is 0.455. The minimum absolute atomic E-state index is 0.986. The first-order chi connectivity index (χ1) is 12.2. The maximum absolute atomic E-state index is 15.0. The Labute approximate surface area is 158 Å². The molecule has 3 aromatic carbocycles. The van der Waals surface area contributed by atoms with Crippen molar-refractivity contribution >= 4 is 23.9 Å². The third-order valence-corrected chi connectivity index (χ3v) is 9.21. The molecule has 0 aliphatic heterocycles. The summed E-state index contributed by atoms with van der Waals surface area (Å²) in [7, 11) is -3.36. The van der Waals surface area contributed by atoms with Gasteiger partial charge >= 0.3 is 8.32 Å². The molecule has 26 heavy (non-hydrogen) atoms. The normalized spacial score (nSPS) is 11.7. The highest BCUT2D eigenvalue weighted by molar-refractivity contribution is 7.06. The molecule has 0 amide bonds. The van der Waals surface area contributed by atoms with Gasteiger partial charge in [0.2, 0.25) is 0 Å². The second kappa shape index (κ2) is 6.86. The molecule has 1 radical (unpaired) electrons. The quantitative estimate of drug-likeness (QED) is 0.499. The molecule has 0 aliphatic rings. The lowest BCUT2D eigenvalue weighted by atomic mass is 10.1. The van der Waals surface area contributed by atoms with Crippen LogP contribution < -0.4 is 15.6 Å². The van der Waals surface area contributed by atoms with E-state index in [-0.39, 0.29) is 0 Å². The highest BCUT2D eigenvalue weighted by Crippen LogP contribution is 2.15. The fourth-order valence-electron chi connectivity index (χ4n) is 3.78. The second-order valence-electron chi connectivity index (χ2n) is 7.64. The smallest absolute Gasteiger partial charge is 0.279 e. The molecule has 0 aliphatic carbocycles. The molecule has 3 aromatic rings. The molecule has 0 atom stereocenters. The van der Waals surface area contributed by atoms with E-state index in [4.69, 9.17) is 0 Å². The Bertz CT molecular complexity index is 847. The van der Waals surface area contributed by atoms with Gasteiger partial charge in [0.05, 0.1) is 0 Å². The zero-order chi connectivity index (χ0) is 19.1. The summed E-state index contributed by atoms with van der Waals surface area (Å²) in [4.78, 5) is 15.0. The highest BCUT2D eigenvalue weighted by atomic mass is 28.4. The summed E-state index contributed by atoms with van der Waals surface area (Å²) in [6, 6.07) is 19.0. The molecule has 0 saturated heterocycles. The van der Waals surface area contributed by atoms with Crippen LogP contribution in [-0.4, -0.2) is 8.32 Å².